The Balaban J connectivity index is 1.64. The highest BCUT2D eigenvalue weighted by Crippen LogP contribution is 2.38. The molecule has 1 unspecified atom stereocenters. The average Bonchev–Trinajstić information content (AvgIpc) is 3.23. The number of aromatic nitrogens is 2. The number of rotatable bonds is 4. The van der Waals surface area contributed by atoms with Crippen molar-refractivity contribution in [2.45, 2.75) is 31.9 Å². The number of benzene rings is 1. The fraction of sp³-hybridized carbons (Fsp3) is 0.471. The van der Waals surface area contributed by atoms with Gasteiger partial charge in [0.15, 0.2) is 0 Å². The van der Waals surface area contributed by atoms with Gasteiger partial charge in [-0.05, 0) is 31.0 Å². The smallest absolute Gasteiger partial charge is 0.219 e. The van der Waals surface area contributed by atoms with E-state index in [0.717, 1.165) is 38.0 Å². The van der Waals surface area contributed by atoms with Gasteiger partial charge in [-0.15, -0.1) is 0 Å². The third kappa shape index (κ3) is 2.91. The number of aryl methyl sites for hydroxylation is 1. The maximum absolute atomic E-state index is 13.8. The van der Waals surface area contributed by atoms with Crippen LogP contribution in [0, 0.1) is 5.82 Å². The van der Waals surface area contributed by atoms with Gasteiger partial charge in [0.05, 0.1) is 24.5 Å². The quantitative estimate of drug-likeness (QED) is 0.869. The predicted octanol–water partition coefficient (Wildman–Crippen LogP) is 3.03. The number of hydrogen-bond donors (Lipinski definition) is 0. The van der Waals surface area contributed by atoms with E-state index in [4.69, 9.17) is 14.2 Å². The number of halogens is 1. The summed E-state index contributed by atoms with van der Waals surface area (Å²) in [7, 11) is 0. The van der Waals surface area contributed by atoms with Gasteiger partial charge in [0.1, 0.15) is 18.2 Å². The molecule has 0 radical (unpaired) electrons. The Hall–Kier alpha value is -2.08. The molecule has 23 heavy (non-hydrogen) atoms. The van der Waals surface area contributed by atoms with Gasteiger partial charge in [-0.2, -0.15) is 5.10 Å². The van der Waals surface area contributed by atoms with Crippen molar-refractivity contribution in [3.63, 3.8) is 0 Å². The van der Waals surface area contributed by atoms with Crippen LogP contribution in [0.4, 0.5) is 4.39 Å². The van der Waals surface area contributed by atoms with E-state index in [9.17, 15) is 4.39 Å². The summed E-state index contributed by atoms with van der Waals surface area (Å²) in [5, 5.41) is 4.33. The van der Waals surface area contributed by atoms with Crippen LogP contribution in [-0.4, -0.2) is 35.7 Å². The van der Waals surface area contributed by atoms with Crippen LogP contribution < -0.4 is 9.47 Å². The van der Waals surface area contributed by atoms with Crippen LogP contribution in [0.1, 0.15) is 19.3 Å². The molecule has 5 nitrogen and oxygen atoms in total. The van der Waals surface area contributed by atoms with E-state index < -0.39 is 0 Å². The third-order valence-electron chi connectivity index (χ3n) is 4.22. The first-order chi connectivity index (χ1) is 11.3. The van der Waals surface area contributed by atoms with E-state index in [1.54, 1.807) is 12.3 Å². The number of nitrogens with zero attached hydrogens (tertiary/aromatic N) is 2. The minimum atomic E-state index is -0.305. The molecule has 0 aliphatic carbocycles. The molecule has 1 fully saturated rings. The predicted molar refractivity (Wildman–Crippen MR) is 82.2 cm³/mol. The van der Waals surface area contributed by atoms with E-state index in [1.807, 2.05) is 4.68 Å². The minimum Gasteiger partial charge on any atom is -0.490 e. The molecule has 0 bridgehead atoms. The van der Waals surface area contributed by atoms with Gasteiger partial charge < -0.3 is 14.2 Å². The average molecular weight is 318 g/mol. The largest absolute Gasteiger partial charge is 0.490 e. The fourth-order valence-electron chi connectivity index (χ4n) is 3.05. The summed E-state index contributed by atoms with van der Waals surface area (Å²) in [5.41, 5.74) is 1.44. The second-order valence-corrected chi connectivity index (χ2v) is 5.88. The molecule has 1 aromatic heterocycles. The van der Waals surface area contributed by atoms with Gasteiger partial charge in [0.25, 0.3) is 0 Å². The highest BCUT2D eigenvalue weighted by atomic mass is 19.1. The Morgan fingerprint density at radius 2 is 2.22 bits per heavy atom. The molecule has 1 saturated heterocycles. The van der Waals surface area contributed by atoms with Crippen LogP contribution >= 0.6 is 0 Å². The number of hydrogen-bond acceptors (Lipinski definition) is 4. The zero-order chi connectivity index (χ0) is 15.6. The highest BCUT2D eigenvalue weighted by Gasteiger charge is 2.22. The molecule has 2 aliphatic heterocycles. The Morgan fingerprint density at radius 1 is 1.26 bits per heavy atom. The molecule has 0 N–H and O–H groups in total. The van der Waals surface area contributed by atoms with Gasteiger partial charge in [0.2, 0.25) is 5.88 Å². The molecule has 0 spiro atoms. The lowest BCUT2D eigenvalue weighted by Crippen LogP contribution is -2.17. The van der Waals surface area contributed by atoms with Gasteiger partial charge in [-0.1, -0.05) is 0 Å². The Labute approximate surface area is 134 Å². The topological polar surface area (TPSA) is 45.5 Å². The van der Waals surface area contributed by atoms with Crippen molar-refractivity contribution in [1.29, 1.82) is 0 Å². The molecule has 1 aromatic carbocycles. The molecule has 4 rings (SSSR count). The summed E-state index contributed by atoms with van der Waals surface area (Å²) >= 11 is 0. The zero-order valence-corrected chi connectivity index (χ0v) is 12.8. The number of ether oxygens (including phenoxy) is 3. The van der Waals surface area contributed by atoms with Crippen LogP contribution in [0.5, 0.6) is 11.6 Å². The summed E-state index contributed by atoms with van der Waals surface area (Å²) < 4.78 is 32.8. The van der Waals surface area contributed by atoms with Crippen molar-refractivity contribution in [3.8, 4) is 22.8 Å². The van der Waals surface area contributed by atoms with Crippen LogP contribution in [0.2, 0.25) is 0 Å². The van der Waals surface area contributed by atoms with Crippen LogP contribution in [0.15, 0.2) is 24.4 Å². The molecule has 3 heterocycles. The van der Waals surface area contributed by atoms with Crippen LogP contribution in [-0.2, 0) is 11.3 Å². The first-order valence-corrected chi connectivity index (χ1v) is 8.04. The number of fused-ring (bicyclic) bond motifs is 1. The molecule has 2 aromatic rings. The summed E-state index contributed by atoms with van der Waals surface area (Å²) in [5.74, 6) is 1.01. The van der Waals surface area contributed by atoms with Crippen LogP contribution in [0.25, 0.3) is 11.1 Å². The summed E-state index contributed by atoms with van der Waals surface area (Å²) in [4.78, 5) is 0. The Morgan fingerprint density at radius 3 is 3.09 bits per heavy atom. The summed E-state index contributed by atoms with van der Waals surface area (Å²) in [6, 6.07) is 4.54. The standard InChI is InChI=1S/C17H19FN2O3/c18-12-4-5-16(23-11-13-3-1-7-21-13)14(9-12)15-10-19-20-6-2-8-22-17(15)20/h4-5,9-10,13H,1-3,6-8,11H2. The van der Waals surface area contributed by atoms with Gasteiger partial charge >= 0.3 is 0 Å². The fourth-order valence-corrected chi connectivity index (χ4v) is 3.05. The maximum Gasteiger partial charge on any atom is 0.219 e. The molecular weight excluding hydrogens is 299 g/mol. The Bertz CT molecular complexity index is 695. The molecule has 6 heteroatoms. The van der Waals surface area contributed by atoms with Crippen molar-refractivity contribution in [2.75, 3.05) is 19.8 Å². The van der Waals surface area contributed by atoms with Gasteiger partial charge in [0, 0.05) is 25.1 Å². The maximum atomic E-state index is 13.8. The first kappa shape index (κ1) is 14.5. The van der Waals surface area contributed by atoms with Gasteiger partial charge in [-0.25, -0.2) is 9.07 Å². The molecular formula is C17H19FN2O3. The van der Waals surface area contributed by atoms with Crippen molar-refractivity contribution >= 4 is 0 Å². The lowest BCUT2D eigenvalue weighted by atomic mass is 10.1. The SMILES string of the molecule is Fc1ccc(OCC2CCCO2)c(-c2cnn3c2OCCC3)c1. The van der Waals surface area contributed by atoms with Crippen molar-refractivity contribution in [3.05, 3.63) is 30.2 Å². The Kier molecular flexibility index (Phi) is 3.91. The van der Waals surface area contributed by atoms with Crippen molar-refractivity contribution < 1.29 is 18.6 Å². The first-order valence-electron chi connectivity index (χ1n) is 8.04. The normalized spacial score (nSPS) is 20.1. The molecule has 1 atom stereocenters. The minimum absolute atomic E-state index is 0.116. The van der Waals surface area contributed by atoms with E-state index >= 15 is 0 Å². The van der Waals surface area contributed by atoms with E-state index in [-0.39, 0.29) is 11.9 Å². The van der Waals surface area contributed by atoms with E-state index in [1.165, 1.54) is 12.1 Å². The summed E-state index contributed by atoms with van der Waals surface area (Å²) in [6.07, 6.45) is 4.83. The second-order valence-electron chi connectivity index (χ2n) is 5.88. The molecule has 2 aliphatic rings. The van der Waals surface area contributed by atoms with E-state index in [2.05, 4.69) is 5.10 Å². The third-order valence-corrected chi connectivity index (χ3v) is 4.22. The van der Waals surface area contributed by atoms with Crippen molar-refractivity contribution in [2.24, 2.45) is 0 Å². The lowest BCUT2D eigenvalue weighted by molar-refractivity contribution is 0.0681. The van der Waals surface area contributed by atoms with Crippen LogP contribution in [0.3, 0.4) is 0 Å². The van der Waals surface area contributed by atoms with Gasteiger partial charge in [-0.3, -0.25) is 0 Å². The zero-order valence-electron chi connectivity index (χ0n) is 12.8. The molecule has 0 saturated carbocycles. The summed E-state index contributed by atoms with van der Waals surface area (Å²) in [6.45, 7) is 2.73. The molecule has 0 amide bonds. The van der Waals surface area contributed by atoms with E-state index in [0.29, 0.717) is 30.4 Å². The highest BCUT2D eigenvalue weighted by molar-refractivity contribution is 5.74. The monoisotopic (exact) mass is 318 g/mol. The lowest BCUT2D eigenvalue weighted by Gasteiger charge is -2.18. The van der Waals surface area contributed by atoms with Crippen molar-refractivity contribution in [1.82, 2.24) is 9.78 Å². The second kappa shape index (κ2) is 6.20. The molecule has 122 valence electrons.